The Morgan fingerprint density at radius 2 is 2.00 bits per heavy atom. The van der Waals surface area contributed by atoms with Gasteiger partial charge in [0.1, 0.15) is 12.3 Å². The fourth-order valence-corrected chi connectivity index (χ4v) is 3.79. The van der Waals surface area contributed by atoms with Gasteiger partial charge in [-0.3, -0.25) is 9.59 Å². The number of aryl methyl sites for hydroxylation is 1. The van der Waals surface area contributed by atoms with Crippen LogP contribution >= 0.6 is 11.3 Å². The lowest BCUT2D eigenvalue weighted by atomic mass is 10.2. The average Bonchev–Trinajstić information content (AvgIpc) is 3.48. The summed E-state index contributed by atoms with van der Waals surface area (Å²) >= 11 is 1.40. The number of hydrogen-bond donors (Lipinski definition) is 0. The van der Waals surface area contributed by atoms with Crippen molar-refractivity contribution in [3.63, 3.8) is 0 Å². The van der Waals surface area contributed by atoms with Crippen LogP contribution in [0.5, 0.6) is 0 Å². The first-order valence-electron chi connectivity index (χ1n) is 9.74. The van der Waals surface area contributed by atoms with Crippen molar-refractivity contribution in [1.29, 1.82) is 0 Å². The van der Waals surface area contributed by atoms with E-state index < -0.39 is 0 Å². The van der Waals surface area contributed by atoms with Crippen molar-refractivity contribution in [1.82, 2.24) is 14.4 Å². The van der Waals surface area contributed by atoms with Gasteiger partial charge in [0.05, 0.1) is 24.2 Å². The first kappa shape index (κ1) is 20.9. The minimum Gasteiger partial charge on any atom is -0.467 e. The lowest BCUT2D eigenvalue weighted by Gasteiger charge is -2.31. The Hall–Kier alpha value is -2.80. The molecule has 154 valence electrons. The molecule has 0 bridgehead atoms. The highest BCUT2D eigenvalue weighted by atomic mass is 32.1. The molecule has 0 aliphatic carbocycles. The van der Waals surface area contributed by atoms with Gasteiger partial charge in [-0.1, -0.05) is 13.0 Å². The number of rotatable bonds is 9. The van der Waals surface area contributed by atoms with Crippen LogP contribution in [-0.2, 0) is 24.9 Å². The van der Waals surface area contributed by atoms with Crippen LogP contribution in [0.25, 0.3) is 0 Å². The van der Waals surface area contributed by atoms with Gasteiger partial charge in [0, 0.05) is 25.0 Å². The molecule has 6 nitrogen and oxygen atoms in total. The fourth-order valence-electron chi connectivity index (χ4n) is 3.11. The summed E-state index contributed by atoms with van der Waals surface area (Å²) in [5.74, 6) is 0.513. The van der Waals surface area contributed by atoms with Crippen molar-refractivity contribution in [3.05, 3.63) is 70.6 Å². The number of furan rings is 1. The second-order valence-electron chi connectivity index (χ2n) is 7.11. The number of carbonyl (C=O) groups excluding carboxylic acids is 2. The predicted octanol–water partition coefficient (Wildman–Crippen LogP) is 4.15. The van der Waals surface area contributed by atoms with Crippen molar-refractivity contribution in [2.75, 3.05) is 6.54 Å². The van der Waals surface area contributed by atoms with Crippen LogP contribution in [0.2, 0.25) is 0 Å². The van der Waals surface area contributed by atoms with Crippen LogP contribution in [0.3, 0.4) is 0 Å². The molecular formula is C22H27N3O3S. The van der Waals surface area contributed by atoms with Gasteiger partial charge in [-0.2, -0.15) is 0 Å². The van der Waals surface area contributed by atoms with Crippen molar-refractivity contribution >= 4 is 23.2 Å². The van der Waals surface area contributed by atoms with Crippen LogP contribution < -0.4 is 0 Å². The van der Waals surface area contributed by atoms with E-state index in [2.05, 4.69) is 0 Å². The SMILES string of the molecule is CCC(C)N(CC(=O)N(Cc1ccco1)Cc1cccn1C)C(=O)c1cccs1. The molecule has 0 aliphatic rings. The molecule has 1 unspecified atom stereocenters. The van der Waals surface area contributed by atoms with Crippen LogP contribution in [0, 0.1) is 0 Å². The van der Waals surface area contributed by atoms with Gasteiger partial charge in [-0.05, 0) is 49.1 Å². The molecule has 29 heavy (non-hydrogen) atoms. The second-order valence-corrected chi connectivity index (χ2v) is 8.05. The zero-order valence-corrected chi connectivity index (χ0v) is 17.9. The zero-order valence-electron chi connectivity index (χ0n) is 17.1. The van der Waals surface area contributed by atoms with Gasteiger partial charge in [-0.15, -0.1) is 11.3 Å². The van der Waals surface area contributed by atoms with Gasteiger partial charge in [0.25, 0.3) is 5.91 Å². The highest BCUT2D eigenvalue weighted by Gasteiger charge is 2.27. The Kier molecular flexibility index (Phi) is 6.93. The number of hydrogen-bond acceptors (Lipinski definition) is 4. The predicted molar refractivity (Wildman–Crippen MR) is 113 cm³/mol. The van der Waals surface area contributed by atoms with E-state index in [4.69, 9.17) is 4.42 Å². The molecule has 0 aliphatic heterocycles. The van der Waals surface area contributed by atoms with Crippen molar-refractivity contribution in [2.45, 2.75) is 39.4 Å². The van der Waals surface area contributed by atoms with E-state index in [0.717, 1.165) is 12.1 Å². The molecule has 0 saturated carbocycles. The summed E-state index contributed by atoms with van der Waals surface area (Å²) in [7, 11) is 1.96. The minimum atomic E-state index is -0.104. The normalized spacial score (nSPS) is 12.0. The van der Waals surface area contributed by atoms with Gasteiger partial charge in [0.15, 0.2) is 0 Å². The summed E-state index contributed by atoms with van der Waals surface area (Å²) in [6.07, 6.45) is 4.34. The van der Waals surface area contributed by atoms with E-state index in [1.165, 1.54) is 11.3 Å². The Morgan fingerprint density at radius 3 is 2.59 bits per heavy atom. The molecule has 0 N–H and O–H groups in total. The molecule has 0 spiro atoms. The number of thiophene rings is 1. The molecule has 0 radical (unpaired) electrons. The quantitative estimate of drug-likeness (QED) is 0.529. The maximum atomic E-state index is 13.3. The van der Waals surface area contributed by atoms with Crippen LogP contribution in [0.15, 0.2) is 58.7 Å². The minimum absolute atomic E-state index is 0.0333. The van der Waals surface area contributed by atoms with Crippen molar-refractivity contribution in [2.24, 2.45) is 7.05 Å². The molecule has 1 atom stereocenters. The van der Waals surface area contributed by atoms with Gasteiger partial charge < -0.3 is 18.8 Å². The Labute approximate surface area is 175 Å². The van der Waals surface area contributed by atoms with E-state index in [1.807, 2.05) is 67.4 Å². The van der Waals surface area contributed by atoms with E-state index in [0.29, 0.717) is 23.7 Å². The monoisotopic (exact) mass is 413 g/mol. The van der Waals surface area contributed by atoms with E-state index >= 15 is 0 Å². The summed E-state index contributed by atoms with van der Waals surface area (Å²) in [6.45, 7) is 4.85. The van der Waals surface area contributed by atoms with Crippen molar-refractivity contribution in [3.8, 4) is 0 Å². The summed E-state index contributed by atoms with van der Waals surface area (Å²) in [5.41, 5.74) is 1.02. The van der Waals surface area contributed by atoms with Crippen LogP contribution in [0.1, 0.15) is 41.4 Å². The fraction of sp³-hybridized carbons (Fsp3) is 0.364. The largest absolute Gasteiger partial charge is 0.467 e. The van der Waals surface area contributed by atoms with Crippen molar-refractivity contribution < 1.29 is 14.0 Å². The molecule has 3 aromatic heterocycles. The Bertz CT molecular complexity index is 915. The third kappa shape index (κ3) is 5.17. The first-order chi connectivity index (χ1) is 14.0. The Morgan fingerprint density at radius 1 is 1.17 bits per heavy atom. The van der Waals surface area contributed by atoms with E-state index in [-0.39, 0.29) is 24.4 Å². The molecule has 0 aromatic carbocycles. The molecular weight excluding hydrogens is 386 g/mol. The summed E-state index contributed by atoms with van der Waals surface area (Å²) in [4.78, 5) is 30.4. The Balaban J connectivity index is 1.80. The average molecular weight is 414 g/mol. The molecule has 7 heteroatoms. The zero-order chi connectivity index (χ0) is 20.8. The maximum absolute atomic E-state index is 13.3. The molecule has 3 heterocycles. The molecule has 2 amide bonds. The molecule has 3 aromatic rings. The van der Waals surface area contributed by atoms with Crippen LogP contribution in [-0.4, -0.2) is 38.8 Å². The number of amides is 2. The van der Waals surface area contributed by atoms with E-state index in [9.17, 15) is 9.59 Å². The number of aromatic nitrogens is 1. The van der Waals surface area contributed by atoms with Gasteiger partial charge >= 0.3 is 0 Å². The summed E-state index contributed by atoms with van der Waals surface area (Å²) < 4.78 is 7.46. The summed E-state index contributed by atoms with van der Waals surface area (Å²) in [5, 5.41) is 1.88. The summed E-state index contributed by atoms with van der Waals surface area (Å²) in [6, 6.07) is 11.2. The smallest absolute Gasteiger partial charge is 0.264 e. The second kappa shape index (κ2) is 9.60. The maximum Gasteiger partial charge on any atom is 0.264 e. The van der Waals surface area contributed by atoms with Gasteiger partial charge in [-0.25, -0.2) is 0 Å². The van der Waals surface area contributed by atoms with Gasteiger partial charge in [0.2, 0.25) is 5.91 Å². The third-order valence-corrected chi connectivity index (χ3v) is 5.96. The number of nitrogens with zero attached hydrogens (tertiary/aromatic N) is 3. The third-order valence-electron chi connectivity index (χ3n) is 5.10. The highest BCUT2D eigenvalue weighted by molar-refractivity contribution is 7.12. The number of carbonyl (C=O) groups is 2. The lowest BCUT2D eigenvalue weighted by molar-refractivity contribution is -0.134. The van der Waals surface area contributed by atoms with Crippen LogP contribution in [0.4, 0.5) is 0 Å². The highest BCUT2D eigenvalue weighted by Crippen LogP contribution is 2.17. The van der Waals surface area contributed by atoms with E-state index in [1.54, 1.807) is 22.1 Å². The lowest BCUT2D eigenvalue weighted by Crippen LogP contribution is -2.46. The molecule has 0 saturated heterocycles. The standard InChI is InChI=1S/C22H27N3O3S/c1-4-17(2)25(22(27)20-10-7-13-29-20)16-21(26)24(15-19-9-6-12-28-19)14-18-8-5-11-23(18)3/h5-13,17H,4,14-16H2,1-3H3. The topological polar surface area (TPSA) is 58.7 Å². The first-order valence-corrected chi connectivity index (χ1v) is 10.6. The molecule has 0 fully saturated rings. The molecule has 3 rings (SSSR count).